The fourth-order valence-corrected chi connectivity index (χ4v) is 8.03. The molecule has 0 spiro atoms. The van der Waals surface area contributed by atoms with Crippen LogP contribution in [0.1, 0.15) is 42.0 Å². The molecule has 1 fully saturated rings. The van der Waals surface area contributed by atoms with Crippen LogP contribution in [-0.4, -0.2) is 53.0 Å². The largest absolute Gasteiger partial charge is 0.282 e. The molecule has 2 unspecified atom stereocenters. The Morgan fingerprint density at radius 1 is 1.07 bits per heavy atom. The zero-order chi connectivity index (χ0) is 28.8. The highest BCUT2D eigenvalue weighted by molar-refractivity contribution is 7.89. The summed E-state index contributed by atoms with van der Waals surface area (Å²) in [5, 5.41) is 4.66. The zero-order valence-corrected chi connectivity index (χ0v) is 24.4. The molecule has 1 saturated heterocycles. The van der Waals surface area contributed by atoms with Crippen LogP contribution >= 0.6 is 11.3 Å². The lowest BCUT2D eigenvalue weighted by Crippen LogP contribution is -2.42. The second kappa shape index (κ2) is 11.0. The topological polar surface area (TPSA) is 88.4 Å². The molecule has 12 heteroatoms. The van der Waals surface area contributed by atoms with Crippen LogP contribution in [0, 0.1) is 37.3 Å². The number of hydrogen-bond donors (Lipinski definition) is 0. The lowest BCUT2D eigenvalue weighted by molar-refractivity contribution is 0.0985. The number of carbonyl (C=O) groups is 1. The number of nitrogens with zero attached hydrogens (tertiary/aromatic N) is 5. The van der Waals surface area contributed by atoms with E-state index in [1.165, 1.54) is 39.5 Å². The molecule has 40 heavy (non-hydrogen) atoms. The Labute approximate surface area is 236 Å². The summed E-state index contributed by atoms with van der Waals surface area (Å²) in [6.45, 7) is 9.30. The molecule has 2 aromatic carbocycles. The van der Waals surface area contributed by atoms with E-state index in [1.807, 2.05) is 33.8 Å². The van der Waals surface area contributed by atoms with E-state index in [-0.39, 0.29) is 44.2 Å². The van der Waals surface area contributed by atoms with Crippen molar-refractivity contribution in [3.8, 4) is 0 Å². The third-order valence-electron chi connectivity index (χ3n) is 7.09. The van der Waals surface area contributed by atoms with E-state index in [0.29, 0.717) is 19.6 Å². The number of benzene rings is 2. The minimum atomic E-state index is -3.71. The van der Waals surface area contributed by atoms with Crippen LogP contribution < -0.4 is 4.90 Å². The Kier molecular flexibility index (Phi) is 7.77. The van der Waals surface area contributed by atoms with Crippen molar-refractivity contribution in [2.24, 2.45) is 11.8 Å². The van der Waals surface area contributed by atoms with Crippen LogP contribution in [0.2, 0.25) is 0 Å². The van der Waals surface area contributed by atoms with Crippen molar-refractivity contribution < 1.29 is 22.0 Å². The summed E-state index contributed by atoms with van der Waals surface area (Å²) in [5.74, 6) is -1.44. The lowest BCUT2D eigenvalue weighted by Gasteiger charge is -2.34. The van der Waals surface area contributed by atoms with Gasteiger partial charge in [-0.15, -0.1) is 0 Å². The summed E-state index contributed by atoms with van der Waals surface area (Å²) >= 11 is 1.01. The predicted octanol–water partition coefficient (Wildman–Crippen LogP) is 5.40. The normalized spacial score (nSPS) is 18.4. The molecule has 0 bridgehead atoms. The smallest absolute Gasteiger partial charge is 0.260 e. The highest BCUT2D eigenvalue weighted by atomic mass is 32.2. The first kappa shape index (κ1) is 28.3. The van der Waals surface area contributed by atoms with Crippen molar-refractivity contribution in [2.45, 2.75) is 45.6 Å². The van der Waals surface area contributed by atoms with Crippen molar-refractivity contribution in [3.63, 3.8) is 0 Å². The van der Waals surface area contributed by atoms with Gasteiger partial charge in [0.05, 0.1) is 21.8 Å². The molecule has 1 aliphatic rings. The van der Waals surface area contributed by atoms with Crippen LogP contribution in [0.5, 0.6) is 0 Å². The van der Waals surface area contributed by atoms with Gasteiger partial charge in [-0.25, -0.2) is 22.2 Å². The standard InChI is InChI=1S/C28H31F2N5O3S2/c1-17-11-18(2)16-33(15-17)40(37,38)23-7-5-21(6-8-23)27(36)34(9-10-35-20(4)12-19(3)32-35)28-31-26-24(30)13-22(29)14-25(26)39-28/h5-8,12-14,17-18H,9-11,15-16H2,1-4H3. The molecule has 0 radical (unpaired) electrons. The van der Waals surface area contributed by atoms with Gasteiger partial charge in [-0.05, 0) is 68.5 Å². The van der Waals surface area contributed by atoms with E-state index in [1.54, 1.807) is 4.68 Å². The van der Waals surface area contributed by atoms with Crippen LogP contribution in [0.15, 0.2) is 47.4 Å². The molecule has 5 rings (SSSR count). The molecular formula is C28H31F2N5O3S2. The number of sulfonamides is 1. The maximum atomic E-state index is 14.4. The van der Waals surface area contributed by atoms with Gasteiger partial charge < -0.3 is 0 Å². The Bertz CT molecular complexity index is 1660. The Balaban J connectivity index is 1.45. The van der Waals surface area contributed by atoms with Crippen molar-refractivity contribution >= 4 is 42.6 Å². The van der Waals surface area contributed by atoms with Gasteiger partial charge >= 0.3 is 0 Å². The first-order chi connectivity index (χ1) is 18.9. The Hall–Kier alpha value is -3.22. The molecule has 212 valence electrons. The van der Waals surface area contributed by atoms with Crippen LogP contribution in [0.4, 0.5) is 13.9 Å². The SMILES string of the molecule is Cc1cc(C)n(CCN(C(=O)c2ccc(S(=O)(=O)N3CC(C)CC(C)C3)cc2)c2nc3c(F)cc(F)cc3s2)n1. The van der Waals surface area contributed by atoms with Gasteiger partial charge in [0.25, 0.3) is 5.91 Å². The second-order valence-electron chi connectivity index (χ2n) is 10.6. The molecule has 0 aliphatic carbocycles. The van der Waals surface area contributed by atoms with E-state index in [2.05, 4.69) is 10.1 Å². The van der Waals surface area contributed by atoms with Gasteiger partial charge in [0.15, 0.2) is 10.9 Å². The number of carbonyl (C=O) groups excluding carboxylic acids is 1. The monoisotopic (exact) mass is 587 g/mol. The average Bonchev–Trinajstić information content (AvgIpc) is 3.45. The maximum Gasteiger partial charge on any atom is 0.260 e. The fraction of sp³-hybridized carbons (Fsp3) is 0.393. The van der Waals surface area contributed by atoms with E-state index in [0.717, 1.165) is 35.2 Å². The summed E-state index contributed by atoms with van der Waals surface area (Å²) < 4.78 is 58.5. The average molecular weight is 588 g/mol. The Morgan fingerprint density at radius 2 is 1.75 bits per heavy atom. The Morgan fingerprint density at radius 3 is 2.38 bits per heavy atom. The van der Waals surface area contributed by atoms with Crippen molar-refractivity contribution in [2.75, 3.05) is 24.5 Å². The number of halogens is 2. The molecule has 1 aliphatic heterocycles. The third-order valence-corrected chi connectivity index (χ3v) is 9.96. The summed E-state index contributed by atoms with van der Waals surface area (Å²) in [7, 11) is -3.71. The fourth-order valence-electron chi connectivity index (χ4n) is 5.32. The first-order valence-electron chi connectivity index (χ1n) is 13.1. The van der Waals surface area contributed by atoms with Crippen molar-refractivity contribution in [3.05, 3.63) is 71.1 Å². The first-order valence-corrected chi connectivity index (χ1v) is 15.4. The van der Waals surface area contributed by atoms with Gasteiger partial charge in [-0.1, -0.05) is 25.2 Å². The molecule has 1 amide bonds. The predicted molar refractivity (Wildman–Crippen MR) is 151 cm³/mol. The highest BCUT2D eigenvalue weighted by Gasteiger charge is 2.32. The minimum Gasteiger partial charge on any atom is -0.282 e. The summed E-state index contributed by atoms with van der Waals surface area (Å²) in [6.07, 6.45) is 0.981. The molecule has 0 saturated carbocycles. The van der Waals surface area contributed by atoms with Crippen LogP contribution in [0.3, 0.4) is 0 Å². The van der Waals surface area contributed by atoms with Gasteiger partial charge in [-0.3, -0.25) is 14.4 Å². The van der Waals surface area contributed by atoms with Gasteiger partial charge in [0.2, 0.25) is 10.0 Å². The van der Waals surface area contributed by atoms with Gasteiger partial charge in [0.1, 0.15) is 11.3 Å². The molecule has 8 nitrogen and oxygen atoms in total. The number of hydrogen-bond acceptors (Lipinski definition) is 6. The lowest BCUT2D eigenvalue weighted by atomic mass is 9.94. The summed E-state index contributed by atoms with van der Waals surface area (Å²) in [6, 6.07) is 9.72. The molecule has 0 N–H and O–H groups in total. The van der Waals surface area contributed by atoms with Crippen LogP contribution in [-0.2, 0) is 16.6 Å². The summed E-state index contributed by atoms with van der Waals surface area (Å²) in [5.41, 5.74) is 1.98. The quantitative estimate of drug-likeness (QED) is 0.289. The third kappa shape index (κ3) is 5.65. The zero-order valence-electron chi connectivity index (χ0n) is 22.8. The number of fused-ring (bicyclic) bond motifs is 1. The van der Waals surface area contributed by atoms with Crippen LogP contribution in [0.25, 0.3) is 10.2 Å². The highest BCUT2D eigenvalue weighted by Crippen LogP contribution is 2.32. The van der Waals surface area contributed by atoms with Gasteiger partial charge in [-0.2, -0.15) is 9.40 Å². The number of piperidine rings is 1. The van der Waals surface area contributed by atoms with E-state index < -0.39 is 27.6 Å². The second-order valence-corrected chi connectivity index (χ2v) is 13.6. The van der Waals surface area contributed by atoms with E-state index in [4.69, 9.17) is 0 Å². The number of rotatable bonds is 7. The number of aryl methyl sites for hydroxylation is 2. The minimum absolute atomic E-state index is 0.0169. The van der Waals surface area contributed by atoms with Crippen molar-refractivity contribution in [1.82, 2.24) is 19.1 Å². The van der Waals surface area contributed by atoms with E-state index in [9.17, 15) is 22.0 Å². The number of amides is 1. The number of anilines is 1. The summed E-state index contributed by atoms with van der Waals surface area (Å²) in [4.78, 5) is 19.6. The van der Waals surface area contributed by atoms with E-state index >= 15 is 0 Å². The molecule has 3 heterocycles. The number of thiazole rings is 1. The molecule has 2 atom stereocenters. The van der Waals surface area contributed by atoms with Crippen molar-refractivity contribution in [1.29, 1.82) is 0 Å². The molecule has 4 aromatic rings. The number of aromatic nitrogens is 3. The van der Waals surface area contributed by atoms with Gasteiger partial charge in [0, 0.05) is 37.0 Å². The molecular weight excluding hydrogens is 556 g/mol. The maximum absolute atomic E-state index is 14.4. The molecule has 2 aromatic heterocycles.